The first kappa shape index (κ1) is 48.3. The van der Waals surface area contributed by atoms with Gasteiger partial charge < -0.3 is 15.0 Å². The zero-order valence-corrected chi connectivity index (χ0v) is 43.6. The van der Waals surface area contributed by atoms with Crippen LogP contribution in [0.25, 0.3) is 78.3 Å². The maximum atomic E-state index is 15.4. The second-order valence-corrected chi connectivity index (χ2v) is 19.2. The zero-order chi connectivity index (χ0) is 52.1. The van der Waals surface area contributed by atoms with E-state index in [9.17, 15) is 9.65 Å². The van der Waals surface area contributed by atoms with Crippen LogP contribution in [0.4, 0.5) is 8.78 Å². The Hall–Kier alpha value is -8.01. The minimum absolute atomic E-state index is 0. The first-order valence-electron chi connectivity index (χ1n) is 25.4. The Morgan fingerprint density at radius 1 is 0.459 bits per heavy atom. The number of hydrogen-bond acceptors (Lipinski definition) is 4. The molecule has 0 radical (unpaired) electrons. The summed E-state index contributed by atoms with van der Waals surface area (Å²) in [4.78, 5) is 13.7. The molecule has 0 aliphatic heterocycles. The fourth-order valence-corrected chi connectivity index (χ4v) is 9.22. The van der Waals surface area contributed by atoms with Crippen molar-refractivity contribution >= 4 is 0 Å². The summed E-state index contributed by atoms with van der Waals surface area (Å²) in [5.74, 6) is -2.26. The van der Waals surface area contributed by atoms with Crippen molar-refractivity contribution in [3.05, 3.63) is 258 Å². The van der Waals surface area contributed by atoms with Crippen molar-refractivity contribution in [2.75, 3.05) is 0 Å². The van der Waals surface area contributed by atoms with E-state index in [1.807, 2.05) is 87.5 Å². The van der Waals surface area contributed by atoms with Crippen LogP contribution in [0, 0.1) is 46.6 Å². The molecule has 362 valence electrons. The quantitative estimate of drug-likeness (QED) is 0.102. The molecule has 0 N–H and O–H groups in total. The van der Waals surface area contributed by atoms with Gasteiger partial charge in [-0.15, -0.1) is 94.5 Å². The van der Waals surface area contributed by atoms with Gasteiger partial charge >= 0.3 is 20.1 Å². The molecule has 10 aromatic rings. The van der Waals surface area contributed by atoms with Crippen LogP contribution in [-0.4, -0.2) is 15.0 Å². The van der Waals surface area contributed by atoms with Crippen molar-refractivity contribution < 1.29 is 31.6 Å². The Morgan fingerprint density at radius 2 is 1.01 bits per heavy atom. The van der Waals surface area contributed by atoms with Crippen molar-refractivity contribution in [3.8, 4) is 84.3 Å². The average molecular weight is 1140 g/mol. The summed E-state index contributed by atoms with van der Waals surface area (Å²) >= 11 is 0. The number of nitriles is 1. The molecule has 7 heteroatoms. The molecular formula is C67H51F2IrN4. The van der Waals surface area contributed by atoms with Crippen molar-refractivity contribution in [3.63, 3.8) is 0 Å². The smallest absolute Gasteiger partial charge is 0.305 e. The van der Waals surface area contributed by atoms with Gasteiger partial charge in [0.2, 0.25) is 0 Å². The Kier molecular flexibility index (Phi) is 14.9. The van der Waals surface area contributed by atoms with Gasteiger partial charge in [-0.05, 0) is 105 Å². The summed E-state index contributed by atoms with van der Waals surface area (Å²) in [6.45, 7) is 5.65. The van der Waals surface area contributed by atoms with E-state index in [2.05, 4.69) is 101 Å². The van der Waals surface area contributed by atoms with Crippen LogP contribution in [0.15, 0.2) is 195 Å². The van der Waals surface area contributed by atoms with Crippen LogP contribution in [0.2, 0.25) is 0 Å². The van der Waals surface area contributed by atoms with Crippen LogP contribution < -0.4 is 0 Å². The summed E-state index contributed by atoms with van der Waals surface area (Å²) in [6.07, 6.45) is 6.81. The maximum absolute atomic E-state index is 15.4. The summed E-state index contributed by atoms with van der Waals surface area (Å²) in [6, 6.07) is 69.3. The molecule has 0 aliphatic carbocycles. The fraction of sp³-hybridized carbons (Fsp3) is 0.134. The number of aromatic nitrogens is 3. The van der Waals surface area contributed by atoms with Crippen molar-refractivity contribution in [1.29, 1.82) is 5.26 Å². The average Bonchev–Trinajstić information content (AvgIpc) is 3.48. The van der Waals surface area contributed by atoms with Crippen LogP contribution in [0.3, 0.4) is 0 Å². The van der Waals surface area contributed by atoms with Gasteiger partial charge in [0.15, 0.2) is 11.6 Å². The molecule has 0 saturated heterocycles. The molecule has 7 aromatic carbocycles. The SMILES string of the molecule is [2H]C([2H])(c1ccnc(-c2[c-]cc(-c3ccccc3-c3cc(CCc4c[c-]c(-c5ccccn5)cc4)cc(CCc4c[c-]c(-c5ccccn5)cc4)c3)c(-c3ccc(-c4ccc(C#N)c(F)c4F)cc3)c2)c1)C(C)(C)C.[Ir+3]. The Labute approximate surface area is 449 Å². The second-order valence-electron chi connectivity index (χ2n) is 19.2. The minimum Gasteiger partial charge on any atom is -0.305 e. The van der Waals surface area contributed by atoms with E-state index < -0.39 is 23.4 Å². The van der Waals surface area contributed by atoms with E-state index in [4.69, 9.17) is 7.73 Å². The Balaban J connectivity index is 0.00000706. The first-order valence-corrected chi connectivity index (χ1v) is 24.4. The van der Waals surface area contributed by atoms with Crippen LogP contribution in [-0.2, 0) is 52.2 Å². The summed E-state index contributed by atoms with van der Waals surface area (Å²) in [5, 5.41) is 9.32. The number of aryl methyl sites for hydroxylation is 4. The number of nitrogens with zero attached hydrogens (tertiary/aromatic N) is 4. The molecular weight excluding hydrogens is 1090 g/mol. The molecule has 3 heterocycles. The molecule has 0 atom stereocenters. The Morgan fingerprint density at radius 3 is 1.57 bits per heavy atom. The predicted molar refractivity (Wildman–Crippen MR) is 290 cm³/mol. The molecule has 74 heavy (non-hydrogen) atoms. The largest absolute Gasteiger partial charge is 3.00 e. The van der Waals surface area contributed by atoms with Crippen LogP contribution in [0.5, 0.6) is 0 Å². The number of pyridine rings is 3. The molecule has 0 saturated carbocycles. The standard InChI is InChI=1S/C67H51F2N4.Ir/c1-67(2,3)43-49-34-37-73-64(41-49)54-30-33-60(61(42-54)51-28-26-50(27-29-51)58-32-31-55(44-70)65(68)66(58)69)59-11-5-4-10-57(59)56-39-47(16-14-45-18-22-52(23-19-45)62-12-6-8-35-71-62)38-48(40-56)17-15-46-20-24-53(25-21-46)63-13-7-9-36-72-63;/h4-13,18-22,24,26-29,31-42H,14-17,43H2,1-3H3;/q-3;+3/i43D2;. The van der Waals surface area contributed by atoms with Crippen molar-refractivity contribution in [1.82, 2.24) is 15.0 Å². The third-order valence-corrected chi connectivity index (χ3v) is 12.8. The van der Waals surface area contributed by atoms with Gasteiger partial charge in [0.25, 0.3) is 0 Å². The number of rotatable bonds is 14. The van der Waals surface area contributed by atoms with E-state index in [0.29, 0.717) is 22.4 Å². The van der Waals surface area contributed by atoms with E-state index in [-0.39, 0.29) is 31.2 Å². The van der Waals surface area contributed by atoms with Crippen LogP contribution >= 0.6 is 0 Å². The summed E-state index contributed by atoms with van der Waals surface area (Å²) in [7, 11) is 0. The van der Waals surface area contributed by atoms with E-state index in [0.717, 1.165) is 81.6 Å². The van der Waals surface area contributed by atoms with E-state index >= 15 is 4.39 Å². The molecule has 3 aromatic heterocycles. The molecule has 0 bridgehead atoms. The van der Waals surface area contributed by atoms with Gasteiger partial charge in [0.1, 0.15) is 6.07 Å². The summed E-state index contributed by atoms with van der Waals surface area (Å²) in [5.41, 5.74) is 15.3. The molecule has 0 amide bonds. The zero-order valence-electron chi connectivity index (χ0n) is 43.2. The second kappa shape index (κ2) is 22.8. The molecule has 0 unspecified atom stereocenters. The van der Waals surface area contributed by atoms with Crippen LogP contribution in [0.1, 0.15) is 56.9 Å². The molecule has 0 aliphatic rings. The monoisotopic (exact) mass is 1140 g/mol. The van der Waals surface area contributed by atoms with Gasteiger partial charge in [-0.1, -0.05) is 153 Å². The molecule has 4 nitrogen and oxygen atoms in total. The number of hydrogen-bond donors (Lipinski definition) is 0. The predicted octanol–water partition coefficient (Wildman–Crippen LogP) is 16.2. The van der Waals surface area contributed by atoms with E-state index in [1.54, 1.807) is 48.9 Å². The first-order chi connectivity index (χ1) is 36.3. The van der Waals surface area contributed by atoms with Crippen molar-refractivity contribution in [2.45, 2.75) is 52.8 Å². The third-order valence-electron chi connectivity index (χ3n) is 12.8. The topological polar surface area (TPSA) is 62.5 Å². The summed E-state index contributed by atoms with van der Waals surface area (Å²) < 4.78 is 48.4. The fourth-order valence-electron chi connectivity index (χ4n) is 9.22. The van der Waals surface area contributed by atoms with Gasteiger partial charge in [-0.2, -0.15) is 5.26 Å². The normalized spacial score (nSPS) is 11.8. The van der Waals surface area contributed by atoms with Gasteiger partial charge in [0.05, 0.1) is 5.56 Å². The number of benzene rings is 7. The van der Waals surface area contributed by atoms with Gasteiger partial charge in [-0.25, -0.2) is 8.78 Å². The minimum atomic E-state index is -1.65. The molecule has 0 fully saturated rings. The number of halogens is 2. The molecule has 10 rings (SSSR count). The van der Waals surface area contributed by atoms with Gasteiger partial charge in [-0.3, -0.25) is 0 Å². The van der Waals surface area contributed by atoms with Crippen molar-refractivity contribution in [2.24, 2.45) is 5.41 Å². The third kappa shape index (κ3) is 11.9. The Bertz CT molecular complexity index is 3580. The van der Waals surface area contributed by atoms with E-state index in [1.165, 1.54) is 34.4 Å². The molecule has 0 spiro atoms. The maximum Gasteiger partial charge on any atom is 3.00 e. The van der Waals surface area contributed by atoms with Gasteiger partial charge in [0, 0.05) is 26.9 Å².